The maximum atomic E-state index is 12.9. The highest BCUT2D eigenvalue weighted by Gasteiger charge is 2.40. The number of imide groups is 1. The van der Waals surface area contributed by atoms with E-state index in [1.54, 1.807) is 12.1 Å². The quantitative estimate of drug-likeness (QED) is 0.796. The molecule has 0 saturated carbocycles. The number of carbonyl (C=O) groups is 3. The maximum absolute atomic E-state index is 12.9. The van der Waals surface area contributed by atoms with Gasteiger partial charge < -0.3 is 5.32 Å². The highest BCUT2D eigenvalue weighted by Crippen LogP contribution is 2.31. The summed E-state index contributed by atoms with van der Waals surface area (Å²) in [7, 11) is 0. The van der Waals surface area contributed by atoms with Crippen LogP contribution in [0.15, 0.2) is 24.3 Å². The predicted octanol–water partition coefficient (Wildman–Crippen LogP) is 2.10. The van der Waals surface area contributed by atoms with Gasteiger partial charge in [0.05, 0.1) is 10.5 Å². The Morgan fingerprint density at radius 2 is 1.67 bits per heavy atom. The first-order valence-electron chi connectivity index (χ1n) is 7.98. The van der Waals surface area contributed by atoms with Gasteiger partial charge in [-0.25, -0.2) is 4.39 Å². The number of benzene rings is 1. The summed E-state index contributed by atoms with van der Waals surface area (Å²) in [5.74, 6) is -1.34. The van der Waals surface area contributed by atoms with Crippen LogP contribution in [0, 0.1) is 5.82 Å². The Kier molecular flexibility index (Phi) is 6.36. The van der Waals surface area contributed by atoms with E-state index < -0.39 is 5.91 Å². The number of rotatable bonds is 6. The van der Waals surface area contributed by atoms with Gasteiger partial charge in [0.25, 0.3) is 0 Å². The van der Waals surface area contributed by atoms with Crippen molar-refractivity contribution >= 4 is 29.5 Å². The van der Waals surface area contributed by atoms with Crippen molar-refractivity contribution in [2.24, 2.45) is 0 Å². The van der Waals surface area contributed by atoms with Crippen molar-refractivity contribution in [3.63, 3.8) is 0 Å². The lowest BCUT2D eigenvalue weighted by Crippen LogP contribution is -2.54. The van der Waals surface area contributed by atoms with E-state index in [1.165, 1.54) is 23.9 Å². The molecule has 1 aromatic rings. The molecule has 2 rings (SSSR count). The average molecular weight is 352 g/mol. The minimum Gasteiger partial charge on any atom is -0.350 e. The molecule has 7 heteroatoms. The smallest absolute Gasteiger partial charge is 0.242 e. The summed E-state index contributed by atoms with van der Waals surface area (Å²) in [6.45, 7) is 3.74. The van der Waals surface area contributed by atoms with Gasteiger partial charge >= 0.3 is 0 Å². The van der Waals surface area contributed by atoms with E-state index in [4.69, 9.17) is 0 Å². The lowest BCUT2D eigenvalue weighted by Gasteiger charge is -2.34. The molecule has 0 aliphatic carbocycles. The molecule has 1 aromatic carbocycles. The number of hydrogen-bond acceptors (Lipinski definition) is 4. The molecular weight excluding hydrogens is 331 g/mol. The van der Waals surface area contributed by atoms with Crippen molar-refractivity contribution in [2.45, 2.75) is 43.7 Å². The van der Waals surface area contributed by atoms with Gasteiger partial charge in [0, 0.05) is 6.54 Å². The number of hydrogen-bond donors (Lipinski definition) is 1. The normalized spacial score (nSPS) is 21.0. The van der Waals surface area contributed by atoms with Gasteiger partial charge in [-0.1, -0.05) is 26.0 Å². The molecule has 2 unspecified atom stereocenters. The van der Waals surface area contributed by atoms with Crippen LogP contribution in [0.2, 0.25) is 0 Å². The Morgan fingerprint density at radius 3 is 2.17 bits per heavy atom. The molecular formula is C17H21FN2O3S. The molecule has 1 aliphatic heterocycles. The monoisotopic (exact) mass is 352 g/mol. The van der Waals surface area contributed by atoms with Crippen molar-refractivity contribution in [3.05, 3.63) is 35.6 Å². The highest BCUT2D eigenvalue weighted by atomic mass is 32.2. The first-order chi connectivity index (χ1) is 11.5. The first kappa shape index (κ1) is 18.4. The molecule has 0 bridgehead atoms. The maximum Gasteiger partial charge on any atom is 0.242 e. The van der Waals surface area contributed by atoms with E-state index in [-0.39, 0.29) is 41.2 Å². The molecule has 0 radical (unpaired) electrons. The molecule has 5 nitrogen and oxygen atoms in total. The fourth-order valence-corrected chi connectivity index (χ4v) is 3.74. The van der Waals surface area contributed by atoms with E-state index in [1.807, 2.05) is 13.8 Å². The van der Waals surface area contributed by atoms with E-state index in [2.05, 4.69) is 5.32 Å². The second-order valence-corrected chi connectivity index (χ2v) is 7.01. The highest BCUT2D eigenvalue weighted by molar-refractivity contribution is 8.02. The van der Waals surface area contributed by atoms with Gasteiger partial charge in [-0.05, 0) is 30.5 Å². The fourth-order valence-electron chi connectivity index (χ4n) is 2.47. The number of carbonyl (C=O) groups excluding carboxylic acids is 3. The van der Waals surface area contributed by atoms with Gasteiger partial charge in [0.15, 0.2) is 0 Å². The lowest BCUT2D eigenvalue weighted by atomic mass is 10.2. The molecule has 2 atom stereocenters. The Bertz CT molecular complexity index is 599. The lowest BCUT2D eigenvalue weighted by molar-refractivity contribution is -0.148. The minimum absolute atomic E-state index is 0.221. The number of nitrogens with one attached hydrogen (secondary N) is 1. The molecule has 0 aromatic heterocycles. The molecule has 24 heavy (non-hydrogen) atoms. The van der Waals surface area contributed by atoms with Crippen LogP contribution in [0.5, 0.6) is 0 Å². The standard InChI is InChI=1S/C17H21FN2O3S/c1-3-13-16(22)20(17(23)14(4-2)24-13)10-15(21)19-9-11-5-7-12(18)8-6-11/h5-8,13-14H,3-4,9-10H2,1-2H3,(H,19,21). The number of amides is 3. The predicted molar refractivity (Wildman–Crippen MR) is 90.7 cm³/mol. The molecule has 1 N–H and O–H groups in total. The van der Waals surface area contributed by atoms with Crippen molar-refractivity contribution < 1.29 is 18.8 Å². The number of nitrogens with zero attached hydrogens (tertiary/aromatic N) is 1. The van der Waals surface area contributed by atoms with Crippen LogP contribution in [0.3, 0.4) is 0 Å². The molecule has 1 heterocycles. The summed E-state index contributed by atoms with van der Waals surface area (Å²) in [4.78, 5) is 37.8. The summed E-state index contributed by atoms with van der Waals surface area (Å²) in [6.07, 6.45) is 1.25. The summed E-state index contributed by atoms with van der Waals surface area (Å²) in [5, 5.41) is 2.10. The number of thioether (sulfide) groups is 1. The van der Waals surface area contributed by atoms with Gasteiger partial charge in [0.1, 0.15) is 12.4 Å². The van der Waals surface area contributed by atoms with Crippen molar-refractivity contribution in [1.29, 1.82) is 0 Å². The summed E-state index contributed by atoms with van der Waals surface area (Å²) in [6, 6.07) is 5.77. The Hall–Kier alpha value is -1.89. The molecule has 1 aliphatic rings. The van der Waals surface area contributed by atoms with Crippen LogP contribution in [0.4, 0.5) is 4.39 Å². The third-order valence-electron chi connectivity index (χ3n) is 3.86. The number of halogens is 1. The fraction of sp³-hybridized carbons (Fsp3) is 0.471. The molecule has 1 saturated heterocycles. The summed E-state index contributed by atoms with van der Waals surface area (Å²) in [5.41, 5.74) is 0.745. The van der Waals surface area contributed by atoms with Crippen molar-refractivity contribution in [3.8, 4) is 0 Å². The molecule has 1 fully saturated rings. The zero-order chi connectivity index (χ0) is 17.7. The van der Waals surface area contributed by atoms with Crippen LogP contribution in [0.1, 0.15) is 32.3 Å². The zero-order valence-electron chi connectivity index (χ0n) is 13.8. The van der Waals surface area contributed by atoms with Crippen molar-refractivity contribution in [1.82, 2.24) is 10.2 Å². The Balaban J connectivity index is 1.96. The van der Waals surface area contributed by atoms with E-state index in [0.717, 1.165) is 10.5 Å². The van der Waals surface area contributed by atoms with Gasteiger partial charge in [-0.15, -0.1) is 11.8 Å². The average Bonchev–Trinajstić information content (AvgIpc) is 2.58. The SMILES string of the molecule is CCC1SC(CC)C(=O)N(CC(=O)NCc2ccc(F)cc2)C1=O. The second kappa shape index (κ2) is 8.28. The third kappa shape index (κ3) is 4.35. The van der Waals surface area contributed by atoms with Crippen LogP contribution in [-0.4, -0.2) is 39.7 Å². The first-order valence-corrected chi connectivity index (χ1v) is 8.92. The topological polar surface area (TPSA) is 66.5 Å². The van der Waals surface area contributed by atoms with Gasteiger partial charge in [-0.3, -0.25) is 19.3 Å². The molecule has 0 spiro atoms. The van der Waals surface area contributed by atoms with Crippen LogP contribution in [-0.2, 0) is 20.9 Å². The second-order valence-electron chi connectivity index (χ2n) is 5.60. The van der Waals surface area contributed by atoms with Crippen LogP contribution >= 0.6 is 11.8 Å². The summed E-state index contributed by atoms with van der Waals surface area (Å²) < 4.78 is 12.9. The van der Waals surface area contributed by atoms with Gasteiger partial charge in [-0.2, -0.15) is 0 Å². The van der Waals surface area contributed by atoms with E-state index in [9.17, 15) is 18.8 Å². The molecule has 3 amide bonds. The van der Waals surface area contributed by atoms with Crippen LogP contribution in [0.25, 0.3) is 0 Å². The third-order valence-corrected chi connectivity index (χ3v) is 5.58. The minimum atomic E-state index is -0.405. The van der Waals surface area contributed by atoms with Crippen molar-refractivity contribution in [2.75, 3.05) is 6.54 Å². The molecule has 130 valence electrons. The largest absolute Gasteiger partial charge is 0.350 e. The Morgan fingerprint density at radius 1 is 1.12 bits per heavy atom. The van der Waals surface area contributed by atoms with Crippen LogP contribution < -0.4 is 5.32 Å². The Labute approximate surface area is 145 Å². The van der Waals surface area contributed by atoms with E-state index in [0.29, 0.717) is 12.8 Å². The van der Waals surface area contributed by atoms with E-state index >= 15 is 0 Å². The zero-order valence-corrected chi connectivity index (χ0v) is 14.6. The summed E-state index contributed by atoms with van der Waals surface area (Å²) >= 11 is 1.38. The van der Waals surface area contributed by atoms with Gasteiger partial charge in [0.2, 0.25) is 17.7 Å².